The smallest absolute Gasteiger partial charge is 0.265 e. The molecular formula is C23H22ClN2O6S5+. The summed E-state index contributed by atoms with van der Waals surface area (Å²) in [5, 5.41) is 5.42. The van der Waals surface area contributed by atoms with Crippen molar-refractivity contribution in [2.45, 2.75) is 24.3 Å². The zero-order chi connectivity index (χ0) is 26.4. The molecule has 0 amide bonds. The Hall–Kier alpha value is -1.71. The lowest BCUT2D eigenvalue weighted by atomic mass is 10.2. The fourth-order valence-electron chi connectivity index (χ4n) is 4.30. The van der Waals surface area contributed by atoms with Crippen LogP contribution in [0.15, 0.2) is 51.7 Å². The SMILES string of the molecule is O=S(=O)(O)CCCN1C(=Cc2sc3ccc4sccc4c3[n+]2CCCS(=O)(=O)O)Sc2ccc(Cl)cc21. The van der Waals surface area contributed by atoms with Gasteiger partial charge >= 0.3 is 0 Å². The van der Waals surface area contributed by atoms with Crippen molar-refractivity contribution in [1.82, 2.24) is 0 Å². The molecular weight excluding hydrogens is 596 g/mol. The third-order valence-electron chi connectivity index (χ3n) is 5.83. The molecule has 37 heavy (non-hydrogen) atoms. The monoisotopic (exact) mass is 617 g/mol. The molecule has 2 N–H and O–H groups in total. The molecule has 0 radical (unpaired) electrons. The molecule has 0 aliphatic carbocycles. The number of nitrogens with zero attached hydrogens (tertiary/aromatic N) is 2. The predicted molar refractivity (Wildman–Crippen MR) is 152 cm³/mol. The van der Waals surface area contributed by atoms with E-state index in [0.717, 1.165) is 40.9 Å². The number of rotatable bonds is 9. The fraction of sp³-hybridized carbons (Fsp3) is 0.261. The van der Waals surface area contributed by atoms with Gasteiger partial charge < -0.3 is 4.90 Å². The van der Waals surface area contributed by atoms with Crippen LogP contribution in [-0.4, -0.2) is 44.0 Å². The summed E-state index contributed by atoms with van der Waals surface area (Å²) in [5.41, 5.74) is 1.87. The van der Waals surface area contributed by atoms with Gasteiger partial charge in [-0.1, -0.05) is 34.7 Å². The van der Waals surface area contributed by atoms with Crippen molar-refractivity contribution < 1.29 is 30.5 Å². The minimum atomic E-state index is -4.09. The highest BCUT2D eigenvalue weighted by molar-refractivity contribution is 8.04. The highest BCUT2D eigenvalue weighted by Crippen LogP contribution is 2.48. The Morgan fingerprint density at radius 2 is 1.70 bits per heavy atom. The molecule has 196 valence electrons. The van der Waals surface area contributed by atoms with E-state index in [9.17, 15) is 25.9 Å². The van der Waals surface area contributed by atoms with Crippen LogP contribution in [-0.2, 0) is 26.8 Å². The number of hydrogen-bond acceptors (Lipinski definition) is 8. The molecule has 2 aromatic heterocycles. The number of thiazole rings is 1. The van der Waals surface area contributed by atoms with Crippen LogP contribution in [0, 0.1) is 0 Å². The quantitative estimate of drug-likeness (QED) is 0.186. The van der Waals surface area contributed by atoms with Gasteiger partial charge in [-0.3, -0.25) is 9.11 Å². The summed E-state index contributed by atoms with van der Waals surface area (Å²) in [6.07, 6.45) is 2.48. The average Bonchev–Trinajstić information content (AvgIpc) is 3.48. The zero-order valence-electron chi connectivity index (χ0n) is 19.2. The molecule has 1 aliphatic rings. The highest BCUT2D eigenvalue weighted by atomic mass is 35.5. The van der Waals surface area contributed by atoms with Crippen molar-refractivity contribution in [2.24, 2.45) is 0 Å². The van der Waals surface area contributed by atoms with Gasteiger partial charge in [0.1, 0.15) is 4.70 Å². The molecule has 0 fully saturated rings. The van der Waals surface area contributed by atoms with Gasteiger partial charge in [-0.25, -0.2) is 0 Å². The maximum absolute atomic E-state index is 11.4. The van der Waals surface area contributed by atoms with Gasteiger partial charge in [-0.15, -0.1) is 11.3 Å². The van der Waals surface area contributed by atoms with Crippen molar-refractivity contribution in [2.75, 3.05) is 23.0 Å². The molecule has 0 bridgehead atoms. The largest absolute Gasteiger partial charge is 0.335 e. The summed E-state index contributed by atoms with van der Waals surface area (Å²) in [5.74, 6) is -0.695. The van der Waals surface area contributed by atoms with E-state index >= 15 is 0 Å². The number of halogens is 1. The van der Waals surface area contributed by atoms with Crippen molar-refractivity contribution in [3.05, 3.63) is 56.8 Å². The summed E-state index contributed by atoms with van der Waals surface area (Å²) < 4.78 is 68.1. The van der Waals surface area contributed by atoms with E-state index < -0.39 is 20.2 Å². The Balaban J connectivity index is 1.58. The first kappa shape index (κ1) is 26.9. The second-order valence-corrected chi connectivity index (χ2v) is 15.1. The standard InChI is InChI=1S/C23H21ClN2O6S5/c24-15-3-4-19-17(13-15)25(8-1-11-36(27,28)29)21(34-19)14-22-26(9-2-12-37(30,31)32)23-16-7-10-33-18(16)5-6-20(23)35-22/h3-7,10,13-14H,1-2,8-9,11-12H2,(H-,27,28,29,30,31,32)/p+1. The van der Waals surface area contributed by atoms with E-state index in [0.29, 0.717) is 18.1 Å². The number of fused-ring (bicyclic) bond motifs is 4. The van der Waals surface area contributed by atoms with Gasteiger partial charge in [0.25, 0.3) is 25.2 Å². The fourth-order valence-corrected chi connectivity index (χ4v) is 8.57. The maximum atomic E-state index is 11.4. The Kier molecular flexibility index (Phi) is 7.59. The van der Waals surface area contributed by atoms with Crippen LogP contribution in [0.3, 0.4) is 0 Å². The van der Waals surface area contributed by atoms with Crippen LogP contribution in [0.4, 0.5) is 5.69 Å². The summed E-state index contributed by atoms with van der Waals surface area (Å²) in [4.78, 5) is 2.96. The lowest BCUT2D eigenvalue weighted by Crippen LogP contribution is -2.36. The van der Waals surface area contributed by atoms with Gasteiger partial charge in [-0.2, -0.15) is 21.4 Å². The van der Waals surface area contributed by atoms with Crippen molar-refractivity contribution in [1.29, 1.82) is 0 Å². The minimum absolute atomic E-state index is 0.221. The Morgan fingerprint density at radius 1 is 0.973 bits per heavy atom. The van der Waals surface area contributed by atoms with Gasteiger partial charge in [0, 0.05) is 27.6 Å². The second-order valence-electron chi connectivity index (χ2n) is 8.46. The Morgan fingerprint density at radius 3 is 2.46 bits per heavy atom. The van der Waals surface area contributed by atoms with E-state index in [-0.39, 0.29) is 24.3 Å². The maximum Gasteiger partial charge on any atom is 0.265 e. The van der Waals surface area contributed by atoms with E-state index in [1.165, 1.54) is 11.8 Å². The summed E-state index contributed by atoms with van der Waals surface area (Å²) in [6, 6.07) is 11.7. The van der Waals surface area contributed by atoms with Crippen LogP contribution in [0.1, 0.15) is 17.8 Å². The molecule has 2 aromatic carbocycles. The van der Waals surface area contributed by atoms with E-state index in [4.69, 9.17) is 11.6 Å². The number of thioether (sulfide) groups is 1. The molecule has 0 spiro atoms. The molecule has 14 heteroatoms. The number of benzene rings is 2. The molecule has 5 rings (SSSR count). The number of anilines is 1. The van der Waals surface area contributed by atoms with Crippen molar-refractivity contribution in [3.63, 3.8) is 0 Å². The van der Waals surface area contributed by atoms with Gasteiger partial charge in [-0.05, 0) is 48.2 Å². The number of hydrogen-bond donors (Lipinski definition) is 2. The second kappa shape index (κ2) is 10.5. The molecule has 0 saturated heterocycles. The Labute approximate surface area is 231 Å². The molecule has 3 heterocycles. The Bertz CT molecular complexity index is 1740. The zero-order valence-corrected chi connectivity index (χ0v) is 24.0. The average molecular weight is 618 g/mol. The van der Waals surface area contributed by atoms with Gasteiger partial charge in [0.2, 0.25) is 5.52 Å². The molecule has 1 aliphatic heterocycles. The first-order valence-electron chi connectivity index (χ1n) is 11.2. The molecule has 8 nitrogen and oxygen atoms in total. The lowest BCUT2D eigenvalue weighted by Gasteiger charge is -2.20. The van der Waals surface area contributed by atoms with Gasteiger partial charge in [0.15, 0.2) is 6.54 Å². The van der Waals surface area contributed by atoms with Gasteiger partial charge in [0.05, 0.1) is 33.7 Å². The first-order chi connectivity index (χ1) is 17.5. The summed E-state index contributed by atoms with van der Waals surface area (Å²) >= 11 is 11.0. The summed E-state index contributed by atoms with van der Waals surface area (Å²) in [6.45, 7) is 0.744. The minimum Gasteiger partial charge on any atom is -0.335 e. The molecule has 4 aromatic rings. The third kappa shape index (κ3) is 6.14. The van der Waals surface area contributed by atoms with E-state index in [2.05, 4.69) is 22.8 Å². The first-order valence-corrected chi connectivity index (χ1v) is 17.3. The van der Waals surface area contributed by atoms with E-state index in [1.807, 2.05) is 28.5 Å². The number of aryl methyl sites for hydroxylation is 1. The molecule has 0 atom stereocenters. The molecule has 0 unspecified atom stereocenters. The number of thiophene rings is 1. The van der Waals surface area contributed by atoms with E-state index in [1.54, 1.807) is 28.7 Å². The molecule has 0 saturated carbocycles. The number of aromatic nitrogens is 1. The van der Waals surface area contributed by atoms with Crippen molar-refractivity contribution >= 4 is 98.3 Å². The predicted octanol–water partition coefficient (Wildman–Crippen LogP) is 5.52. The van der Waals surface area contributed by atoms with Crippen LogP contribution >= 0.6 is 46.0 Å². The van der Waals surface area contributed by atoms with Crippen LogP contribution in [0.5, 0.6) is 0 Å². The highest BCUT2D eigenvalue weighted by Gasteiger charge is 2.29. The lowest BCUT2D eigenvalue weighted by molar-refractivity contribution is -0.667. The third-order valence-corrected chi connectivity index (χ3v) is 10.8. The topological polar surface area (TPSA) is 116 Å². The van der Waals surface area contributed by atoms with Crippen LogP contribution < -0.4 is 9.47 Å². The van der Waals surface area contributed by atoms with Crippen LogP contribution in [0.25, 0.3) is 26.4 Å². The normalized spacial score (nSPS) is 15.3. The van der Waals surface area contributed by atoms with Crippen LogP contribution in [0.2, 0.25) is 5.02 Å². The summed E-state index contributed by atoms with van der Waals surface area (Å²) in [7, 11) is -8.18. The van der Waals surface area contributed by atoms with Crippen molar-refractivity contribution in [3.8, 4) is 0 Å².